The molecule has 0 saturated heterocycles. The van der Waals surface area contributed by atoms with Gasteiger partial charge >= 0.3 is 0 Å². The molecule has 59 heavy (non-hydrogen) atoms. The zero-order valence-corrected chi connectivity index (χ0v) is 33.3. The summed E-state index contributed by atoms with van der Waals surface area (Å²) in [6.45, 7) is 4.69. The maximum Gasteiger partial charge on any atom is 0.238 e. The van der Waals surface area contributed by atoms with E-state index in [9.17, 15) is 0 Å². The molecule has 4 nitrogen and oxygen atoms in total. The molecule has 0 N–H and O–H groups in total. The van der Waals surface area contributed by atoms with Gasteiger partial charge < -0.3 is 0 Å². The molecule has 11 aromatic rings. The summed E-state index contributed by atoms with van der Waals surface area (Å²) in [6.07, 6.45) is 0. The van der Waals surface area contributed by atoms with Crippen molar-refractivity contribution in [3.8, 4) is 62.1 Å². The number of para-hydroxylation sites is 1. The average molecular weight is 773 g/mol. The number of rotatable bonds is 5. The molecule has 0 aliphatic heterocycles. The Morgan fingerprint density at radius 2 is 1.02 bits per heavy atom. The Labute approximate surface area is 345 Å². The number of aromatic nitrogens is 4. The van der Waals surface area contributed by atoms with Crippen LogP contribution in [0.3, 0.4) is 0 Å². The highest BCUT2D eigenvalue weighted by atomic mass is 32.1. The van der Waals surface area contributed by atoms with Gasteiger partial charge in [0.05, 0.1) is 11.0 Å². The normalized spacial score (nSPS) is 13.1. The van der Waals surface area contributed by atoms with Gasteiger partial charge in [-0.25, -0.2) is 4.98 Å². The lowest BCUT2D eigenvalue weighted by Crippen LogP contribution is -2.14. The van der Waals surface area contributed by atoms with Gasteiger partial charge in [0.25, 0.3) is 0 Å². The molecular formula is C54H36N4S. The van der Waals surface area contributed by atoms with Gasteiger partial charge in [0.1, 0.15) is 0 Å². The van der Waals surface area contributed by atoms with E-state index in [1.165, 1.54) is 60.0 Å². The quantitative estimate of drug-likeness (QED) is 0.175. The Morgan fingerprint density at radius 1 is 0.407 bits per heavy atom. The Morgan fingerprint density at radius 3 is 1.88 bits per heavy atom. The van der Waals surface area contributed by atoms with Gasteiger partial charge in [-0.05, 0) is 87.0 Å². The second-order valence-electron chi connectivity index (χ2n) is 16.0. The number of hydrogen-bond donors (Lipinski definition) is 0. The van der Waals surface area contributed by atoms with Gasteiger partial charge in [-0.2, -0.15) is 9.97 Å². The summed E-state index contributed by atoms with van der Waals surface area (Å²) < 4.78 is 4.60. The average Bonchev–Trinajstić information content (AvgIpc) is 3.91. The fourth-order valence-corrected chi connectivity index (χ4v) is 10.5. The molecule has 0 fully saturated rings. The van der Waals surface area contributed by atoms with Crippen molar-refractivity contribution in [3.63, 3.8) is 0 Å². The lowest BCUT2D eigenvalue weighted by molar-refractivity contribution is 0.660. The van der Waals surface area contributed by atoms with Crippen molar-refractivity contribution in [1.29, 1.82) is 0 Å². The van der Waals surface area contributed by atoms with Crippen LogP contribution in [0.4, 0.5) is 0 Å². The van der Waals surface area contributed by atoms with E-state index in [1.807, 2.05) is 18.2 Å². The van der Waals surface area contributed by atoms with Gasteiger partial charge in [-0.3, -0.25) is 4.57 Å². The van der Waals surface area contributed by atoms with Crippen molar-refractivity contribution in [1.82, 2.24) is 19.5 Å². The fourth-order valence-electron chi connectivity index (χ4n) is 9.34. The first-order valence-electron chi connectivity index (χ1n) is 20.1. The summed E-state index contributed by atoms with van der Waals surface area (Å²) in [5.74, 6) is 1.88. The molecule has 8 aromatic carbocycles. The molecule has 0 radical (unpaired) electrons. The van der Waals surface area contributed by atoms with Gasteiger partial charge in [0.2, 0.25) is 5.95 Å². The monoisotopic (exact) mass is 772 g/mol. The zero-order chi connectivity index (χ0) is 39.2. The minimum absolute atomic E-state index is 0.0532. The Bertz CT molecular complexity index is 3470. The van der Waals surface area contributed by atoms with Crippen molar-refractivity contribution in [2.45, 2.75) is 19.3 Å². The summed E-state index contributed by atoms with van der Waals surface area (Å²) in [5, 5.41) is 4.75. The summed E-state index contributed by atoms with van der Waals surface area (Å²) in [7, 11) is 0. The largest absolute Gasteiger partial charge is 0.278 e. The maximum atomic E-state index is 5.35. The van der Waals surface area contributed by atoms with E-state index in [-0.39, 0.29) is 5.41 Å². The first-order chi connectivity index (χ1) is 29.0. The summed E-state index contributed by atoms with van der Waals surface area (Å²) in [5.41, 5.74) is 14.3. The van der Waals surface area contributed by atoms with Gasteiger partial charge in [-0.15, -0.1) is 11.3 Å². The van der Waals surface area contributed by atoms with Crippen LogP contribution < -0.4 is 0 Å². The van der Waals surface area contributed by atoms with Crippen LogP contribution in [-0.2, 0) is 5.41 Å². The van der Waals surface area contributed by atoms with Gasteiger partial charge in [0.15, 0.2) is 11.6 Å². The van der Waals surface area contributed by atoms with Gasteiger partial charge in [-0.1, -0.05) is 153 Å². The van der Waals surface area contributed by atoms with Crippen molar-refractivity contribution in [3.05, 3.63) is 193 Å². The maximum absolute atomic E-state index is 5.35. The molecule has 0 spiro atoms. The van der Waals surface area contributed by atoms with E-state index >= 15 is 0 Å². The van der Waals surface area contributed by atoms with E-state index in [0.29, 0.717) is 17.6 Å². The second-order valence-corrected chi connectivity index (χ2v) is 17.1. The summed E-state index contributed by atoms with van der Waals surface area (Å²) in [4.78, 5) is 15.8. The van der Waals surface area contributed by atoms with E-state index in [0.717, 1.165) is 37.6 Å². The van der Waals surface area contributed by atoms with Crippen LogP contribution >= 0.6 is 11.3 Å². The van der Waals surface area contributed by atoms with Crippen LogP contribution in [0.1, 0.15) is 25.0 Å². The first kappa shape index (κ1) is 33.9. The molecular weight excluding hydrogens is 737 g/mol. The number of benzene rings is 8. The summed E-state index contributed by atoms with van der Waals surface area (Å²) in [6, 6.07) is 65.3. The molecule has 1 aliphatic rings. The molecule has 12 rings (SSSR count). The highest BCUT2D eigenvalue weighted by Gasteiger charge is 2.35. The third-order valence-electron chi connectivity index (χ3n) is 12.3. The molecule has 3 heterocycles. The van der Waals surface area contributed by atoms with Crippen LogP contribution in [0.2, 0.25) is 0 Å². The van der Waals surface area contributed by atoms with Crippen molar-refractivity contribution in [2.24, 2.45) is 0 Å². The number of fused-ring (bicyclic) bond motifs is 9. The zero-order valence-electron chi connectivity index (χ0n) is 32.5. The summed E-state index contributed by atoms with van der Waals surface area (Å²) >= 11 is 1.80. The molecule has 0 atom stereocenters. The second kappa shape index (κ2) is 12.9. The lowest BCUT2D eigenvalue weighted by Gasteiger charge is -2.22. The van der Waals surface area contributed by atoms with Gasteiger partial charge in [0, 0.05) is 47.5 Å². The third-order valence-corrected chi connectivity index (χ3v) is 13.5. The van der Waals surface area contributed by atoms with Crippen LogP contribution in [0.25, 0.3) is 104 Å². The smallest absolute Gasteiger partial charge is 0.238 e. The molecule has 278 valence electrons. The standard InChI is InChI=1S/C54H36N4S/c1-54(2)45-22-11-9-18-38(45)39-27-24-37(32-46(39)54)36-26-29-49-44(31-36)41-20-13-21-42(50(41)59-49)52-55-51(34-16-7-4-8-17-34)56-53(57-52)58-47-23-12-10-19-40(47)43-30-35(25-28-48(43)58)33-14-5-3-6-15-33/h3-32H,1-2H3. The number of nitrogens with zero attached hydrogens (tertiary/aromatic N) is 4. The minimum Gasteiger partial charge on any atom is -0.278 e. The fraction of sp³-hybridized carbons (Fsp3) is 0.0556. The number of hydrogen-bond acceptors (Lipinski definition) is 4. The Kier molecular flexibility index (Phi) is 7.41. The van der Waals surface area contributed by atoms with Crippen molar-refractivity contribution in [2.75, 3.05) is 0 Å². The Balaban J connectivity index is 1.03. The highest BCUT2D eigenvalue weighted by Crippen LogP contribution is 2.50. The SMILES string of the molecule is CC1(C)c2ccccc2-c2ccc(-c3ccc4sc5c(-c6nc(-c7ccccc7)nc(-n7c8ccccc8c8cc(-c9ccccc9)ccc87)n6)cccc5c4c3)cc21. The van der Waals surface area contributed by atoms with E-state index < -0.39 is 0 Å². The predicted molar refractivity (Wildman–Crippen MR) is 246 cm³/mol. The number of thiophene rings is 1. The van der Waals surface area contributed by atoms with Crippen LogP contribution in [0.5, 0.6) is 0 Å². The molecule has 0 bridgehead atoms. The lowest BCUT2D eigenvalue weighted by atomic mass is 9.81. The van der Waals surface area contributed by atoms with Crippen LogP contribution in [-0.4, -0.2) is 19.5 Å². The molecule has 0 unspecified atom stereocenters. The van der Waals surface area contributed by atoms with Crippen LogP contribution in [0, 0.1) is 0 Å². The minimum atomic E-state index is -0.0532. The van der Waals surface area contributed by atoms with Crippen molar-refractivity contribution >= 4 is 53.3 Å². The first-order valence-corrected chi connectivity index (χ1v) is 20.9. The molecule has 5 heteroatoms. The highest BCUT2D eigenvalue weighted by molar-refractivity contribution is 7.26. The van der Waals surface area contributed by atoms with E-state index in [4.69, 9.17) is 15.0 Å². The molecule has 0 saturated carbocycles. The molecule has 3 aromatic heterocycles. The molecule has 0 amide bonds. The van der Waals surface area contributed by atoms with Crippen LogP contribution in [0.15, 0.2) is 182 Å². The van der Waals surface area contributed by atoms with Crippen molar-refractivity contribution < 1.29 is 0 Å². The predicted octanol–water partition coefficient (Wildman–Crippen LogP) is 14.3. The Hall–Kier alpha value is -7.21. The third kappa shape index (κ3) is 5.25. The molecule has 1 aliphatic carbocycles. The van der Waals surface area contributed by atoms with E-state index in [2.05, 4.69) is 182 Å². The van der Waals surface area contributed by atoms with E-state index in [1.54, 1.807) is 11.3 Å². The topological polar surface area (TPSA) is 43.6 Å².